The summed E-state index contributed by atoms with van der Waals surface area (Å²) in [7, 11) is 2.02. The molecule has 0 N–H and O–H groups in total. The van der Waals surface area contributed by atoms with Crippen LogP contribution >= 0.6 is 11.3 Å². The molecule has 0 radical (unpaired) electrons. The predicted octanol–water partition coefficient (Wildman–Crippen LogP) is 4.84. The molecular formula is C19H13N3S. The Kier molecular flexibility index (Phi) is 3.22. The van der Waals surface area contributed by atoms with Crippen molar-refractivity contribution in [1.29, 1.82) is 5.26 Å². The van der Waals surface area contributed by atoms with E-state index in [9.17, 15) is 5.26 Å². The first-order valence-electron chi connectivity index (χ1n) is 7.29. The van der Waals surface area contributed by atoms with E-state index in [-0.39, 0.29) is 0 Å². The molecule has 0 atom stereocenters. The number of nitriles is 1. The third-order valence-electron chi connectivity index (χ3n) is 3.96. The van der Waals surface area contributed by atoms with Crippen molar-refractivity contribution in [1.82, 2.24) is 9.55 Å². The van der Waals surface area contributed by atoms with Crippen molar-refractivity contribution in [2.75, 3.05) is 0 Å². The molecule has 2 heterocycles. The second-order valence-electron chi connectivity index (χ2n) is 5.31. The van der Waals surface area contributed by atoms with Crippen LogP contribution in [0.2, 0.25) is 0 Å². The van der Waals surface area contributed by atoms with Crippen LogP contribution in [0.25, 0.3) is 32.2 Å². The standard InChI is InChI=1S/C19H13N3S/c1-22-16(14-7-3-2-6-13(14)12-20)10-11-17(22)19-21-15-8-4-5-9-18(15)23-19/h2-11H,1H3. The maximum absolute atomic E-state index is 9.32. The minimum Gasteiger partial charge on any atom is -0.342 e. The lowest BCUT2D eigenvalue weighted by Gasteiger charge is -2.07. The SMILES string of the molecule is Cn1c(-c2nc3ccccc3s2)ccc1-c1ccccc1C#N. The first kappa shape index (κ1) is 13.7. The molecule has 0 spiro atoms. The van der Waals surface area contributed by atoms with Crippen molar-refractivity contribution in [2.24, 2.45) is 7.05 Å². The number of hydrogen-bond acceptors (Lipinski definition) is 3. The van der Waals surface area contributed by atoms with Crippen molar-refractivity contribution in [2.45, 2.75) is 0 Å². The molecule has 2 aromatic carbocycles. The molecule has 2 aromatic heterocycles. The van der Waals surface area contributed by atoms with Crippen LogP contribution < -0.4 is 0 Å². The number of nitrogens with zero attached hydrogens (tertiary/aromatic N) is 3. The van der Waals surface area contributed by atoms with Crippen LogP contribution in [0.15, 0.2) is 60.7 Å². The zero-order valence-corrected chi connectivity index (χ0v) is 13.3. The Morgan fingerprint density at radius 3 is 2.52 bits per heavy atom. The number of hydrogen-bond donors (Lipinski definition) is 0. The number of thiazole rings is 1. The summed E-state index contributed by atoms with van der Waals surface area (Å²) in [5.41, 5.74) is 4.74. The number of fused-ring (bicyclic) bond motifs is 1. The van der Waals surface area contributed by atoms with Crippen LogP contribution in [0.1, 0.15) is 5.56 Å². The number of benzene rings is 2. The minimum atomic E-state index is 0.685. The molecular weight excluding hydrogens is 302 g/mol. The summed E-state index contributed by atoms with van der Waals surface area (Å²) in [6.07, 6.45) is 0. The molecule has 0 bridgehead atoms. The molecule has 0 aliphatic carbocycles. The summed E-state index contributed by atoms with van der Waals surface area (Å²) in [5, 5.41) is 10.3. The maximum atomic E-state index is 9.32. The Morgan fingerprint density at radius 2 is 1.70 bits per heavy atom. The molecule has 0 aliphatic heterocycles. The second kappa shape index (κ2) is 5.38. The van der Waals surface area contributed by atoms with Crippen LogP contribution in [0.5, 0.6) is 0 Å². The van der Waals surface area contributed by atoms with Crippen molar-refractivity contribution in [3.63, 3.8) is 0 Å². The lowest BCUT2D eigenvalue weighted by Crippen LogP contribution is -1.95. The Labute approximate surface area is 138 Å². The highest BCUT2D eigenvalue weighted by Gasteiger charge is 2.14. The van der Waals surface area contributed by atoms with Crippen LogP contribution in [0.3, 0.4) is 0 Å². The van der Waals surface area contributed by atoms with Crippen molar-refractivity contribution in [3.8, 4) is 28.0 Å². The Morgan fingerprint density at radius 1 is 0.957 bits per heavy atom. The summed E-state index contributed by atoms with van der Waals surface area (Å²) >= 11 is 1.69. The third kappa shape index (κ3) is 2.23. The fourth-order valence-corrected chi connectivity index (χ4v) is 3.81. The van der Waals surface area contributed by atoms with Gasteiger partial charge in [0.2, 0.25) is 0 Å². The molecule has 0 aliphatic rings. The van der Waals surface area contributed by atoms with Gasteiger partial charge in [-0.15, -0.1) is 11.3 Å². The molecule has 0 unspecified atom stereocenters. The van der Waals surface area contributed by atoms with Gasteiger partial charge in [-0.1, -0.05) is 30.3 Å². The lowest BCUT2D eigenvalue weighted by atomic mass is 10.1. The Balaban J connectivity index is 1.87. The van der Waals surface area contributed by atoms with Gasteiger partial charge in [0.15, 0.2) is 0 Å². The predicted molar refractivity (Wildman–Crippen MR) is 94.2 cm³/mol. The van der Waals surface area contributed by atoms with Gasteiger partial charge in [-0.3, -0.25) is 0 Å². The van der Waals surface area contributed by atoms with E-state index >= 15 is 0 Å². The van der Waals surface area contributed by atoms with Gasteiger partial charge in [0, 0.05) is 18.3 Å². The molecule has 110 valence electrons. The molecule has 23 heavy (non-hydrogen) atoms. The topological polar surface area (TPSA) is 41.6 Å². The fourth-order valence-electron chi connectivity index (χ4n) is 2.78. The first-order valence-corrected chi connectivity index (χ1v) is 8.11. The smallest absolute Gasteiger partial charge is 0.141 e. The number of rotatable bonds is 2. The summed E-state index contributed by atoms with van der Waals surface area (Å²) < 4.78 is 3.29. The molecule has 0 saturated heterocycles. The van der Waals surface area contributed by atoms with Gasteiger partial charge in [0.05, 0.1) is 27.5 Å². The van der Waals surface area contributed by atoms with E-state index in [2.05, 4.69) is 28.8 Å². The second-order valence-corrected chi connectivity index (χ2v) is 6.34. The molecule has 4 heteroatoms. The quantitative estimate of drug-likeness (QED) is 0.531. The summed E-state index contributed by atoms with van der Waals surface area (Å²) in [4.78, 5) is 4.73. The average molecular weight is 315 g/mol. The minimum absolute atomic E-state index is 0.685. The maximum Gasteiger partial charge on any atom is 0.141 e. The van der Waals surface area contributed by atoms with E-state index in [0.29, 0.717) is 5.56 Å². The largest absolute Gasteiger partial charge is 0.342 e. The molecule has 4 aromatic rings. The Hall–Kier alpha value is -2.90. The zero-order chi connectivity index (χ0) is 15.8. The van der Waals surface area contributed by atoms with Gasteiger partial charge in [-0.05, 0) is 30.3 Å². The van der Waals surface area contributed by atoms with E-state index in [1.54, 1.807) is 11.3 Å². The van der Waals surface area contributed by atoms with E-state index in [1.807, 2.05) is 49.5 Å². The van der Waals surface area contributed by atoms with E-state index in [0.717, 1.165) is 27.5 Å². The lowest BCUT2D eigenvalue weighted by molar-refractivity contribution is 0.944. The molecule has 3 nitrogen and oxygen atoms in total. The van der Waals surface area contributed by atoms with Gasteiger partial charge < -0.3 is 4.57 Å². The number of para-hydroxylation sites is 1. The monoisotopic (exact) mass is 315 g/mol. The van der Waals surface area contributed by atoms with Gasteiger partial charge in [0.25, 0.3) is 0 Å². The summed E-state index contributed by atoms with van der Waals surface area (Å²) in [6, 6.07) is 22.2. The van der Waals surface area contributed by atoms with Crippen molar-refractivity contribution < 1.29 is 0 Å². The third-order valence-corrected chi connectivity index (χ3v) is 5.02. The summed E-state index contributed by atoms with van der Waals surface area (Å²) in [6.45, 7) is 0. The molecule has 4 rings (SSSR count). The van der Waals surface area contributed by atoms with Gasteiger partial charge in [0.1, 0.15) is 5.01 Å². The molecule has 0 saturated carbocycles. The highest BCUT2D eigenvalue weighted by atomic mass is 32.1. The zero-order valence-electron chi connectivity index (χ0n) is 12.5. The van der Waals surface area contributed by atoms with Crippen LogP contribution in [-0.2, 0) is 7.05 Å². The van der Waals surface area contributed by atoms with Gasteiger partial charge in [-0.25, -0.2) is 4.98 Å². The van der Waals surface area contributed by atoms with E-state index in [1.165, 1.54) is 4.70 Å². The van der Waals surface area contributed by atoms with Crippen molar-refractivity contribution in [3.05, 3.63) is 66.2 Å². The van der Waals surface area contributed by atoms with Gasteiger partial charge >= 0.3 is 0 Å². The summed E-state index contributed by atoms with van der Waals surface area (Å²) in [5.74, 6) is 0. The highest BCUT2D eigenvalue weighted by Crippen LogP contribution is 2.34. The van der Waals surface area contributed by atoms with Gasteiger partial charge in [-0.2, -0.15) is 5.26 Å². The first-order chi connectivity index (χ1) is 11.3. The normalized spacial score (nSPS) is 10.8. The molecule has 0 fully saturated rings. The number of aromatic nitrogens is 2. The highest BCUT2D eigenvalue weighted by molar-refractivity contribution is 7.21. The Bertz CT molecular complexity index is 1020. The molecule has 0 amide bonds. The van der Waals surface area contributed by atoms with Crippen molar-refractivity contribution >= 4 is 21.6 Å². The van der Waals surface area contributed by atoms with Crippen LogP contribution in [0, 0.1) is 11.3 Å². The van der Waals surface area contributed by atoms with Crippen LogP contribution in [0.4, 0.5) is 0 Å². The average Bonchev–Trinajstić information content (AvgIpc) is 3.17. The fraction of sp³-hybridized carbons (Fsp3) is 0.0526. The van der Waals surface area contributed by atoms with Crippen LogP contribution in [-0.4, -0.2) is 9.55 Å². The van der Waals surface area contributed by atoms with E-state index in [4.69, 9.17) is 4.98 Å². The van der Waals surface area contributed by atoms with E-state index < -0.39 is 0 Å².